The zero-order valence-electron chi connectivity index (χ0n) is 12.9. The number of allylic oxidation sites excluding steroid dienone is 2. The lowest BCUT2D eigenvalue weighted by Gasteiger charge is -2.30. The van der Waals surface area contributed by atoms with Gasteiger partial charge in [-0.25, -0.2) is 0 Å². The molecule has 0 fully saturated rings. The van der Waals surface area contributed by atoms with Crippen molar-refractivity contribution >= 4 is 11.4 Å². The van der Waals surface area contributed by atoms with E-state index < -0.39 is 5.92 Å². The molecule has 4 rings (SSSR count). The summed E-state index contributed by atoms with van der Waals surface area (Å²) in [5, 5.41) is 22.7. The number of furan rings is 1. The summed E-state index contributed by atoms with van der Waals surface area (Å²) in [6, 6.07) is 15.6. The summed E-state index contributed by atoms with van der Waals surface area (Å²) in [5.74, 6) is 1.53. The summed E-state index contributed by atoms with van der Waals surface area (Å²) in [5.41, 5.74) is 8.68. The van der Waals surface area contributed by atoms with Gasteiger partial charge in [0.1, 0.15) is 23.2 Å². The molecule has 6 nitrogen and oxygen atoms in total. The maximum absolute atomic E-state index is 9.77. The average molecular weight is 315 g/mol. The van der Waals surface area contributed by atoms with Gasteiger partial charge in [0.25, 0.3) is 0 Å². The first-order chi connectivity index (χ1) is 11.7. The molecule has 0 spiro atoms. The third-order valence-corrected chi connectivity index (χ3v) is 4.26. The summed E-state index contributed by atoms with van der Waals surface area (Å²) in [6.07, 6.45) is 0. The Hall–Kier alpha value is -3.64. The largest absolute Gasteiger partial charge is 0.465 e. The van der Waals surface area contributed by atoms with Crippen molar-refractivity contribution in [3.8, 4) is 12.1 Å². The van der Waals surface area contributed by atoms with E-state index in [1.165, 1.54) is 0 Å². The highest BCUT2D eigenvalue weighted by Crippen LogP contribution is 2.47. The van der Waals surface area contributed by atoms with Gasteiger partial charge >= 0.3 is 0 Å². The van der Waals surface area contributed by atoms with E-state index in [0.29, 0.717) is 34.3 Å². The second-order valence-corrected chi connectivity index (χ2v) is 5.64. The first-order valence-electron chi connectivity index (χ1n) is 7.42. The second kappa shape index (κ2) is 4.94. The number of hydrogen-bond donors (Lipinski definition) is 2. The molecule has 0 bridgehead atoms. The van der Waals surface area contributed by atoms with Crippen molar-refractivity contribution in [1.82, 2.24) is 0 Å². The molecular formula is C18H13N5O. The highest BCUT2D eigenvalue weighted by molar-refractivity contribution is 5.86. The fourth-order valence-electron chi connectivity index (χ4n) is 3.20. The molecule has 1 unspecified atom stereocenters. The number of hydrogen-bond acceptors (Lipinski definition) is 6. The lowest BCUT2D eigenvalue weighted by atomic mass is 9.87. The number of benzene rings is 1. The quantitative estimate of drug-likeness (QED) is 0.838. The molecule has 3 heterocycles. The first kappa shape index (κ1) is 14.0. The fourth-order valence-corrected chi connectivity index (χ4v) is 3.20. The minimum Gasteiger partial charge on any atom is -0.465 e. The van der Waals surface area contributed by atoms with E-state index in [-0.39, 0.29) is 0 Å². The highest BCUT2D eigenvalue weighted by atomic mass is 16.3. The van der Waals surface area contributed by atoms with E-state index in [9.17, 15) is 10.5 Å². The molecule has 1 aromatic carbocycles. The Morgan fingerprint density at radius 3 is 2.54 bits per heavy atom. The molecule has 24 heavy (non-hydrogen) atoms. The molecule has 116 valence electrons. The smallest absolute Gasteiger partial charge is 0.131 e. The average Bonchev–Trinajstić information content (AvgIpc) is 3.18. The summed E-state index contributed by atoms with van der Waals surface area (Å²) in [7, 11) is 0. The van der Waals surface area contributed by atoms with E-state index in [1.54, 1.807) is 11.0 Å². The van der Waals surface area contributed by atoms with Crippen LogP contribution in [0.1, 0.15) is 17.4 Å². The number of anilines is 2. The van der Waals surface area contributed by atoms with Crippen LogP contribution in [-0.4, -0.2) is 0 Å². The Labute approximate surface area is 138 Å². The Bertz CT molecular complexity index is 999. The number of nitriles is 2. The zero-order chi connectivity index (χ0) is 16.8. The zero-order valence-corrected chi connectivity index (χ0v) is 12.9. The van der Waals surface area contributed by atoms with Crippen LogP contribution in [0.2, 0.25) is 0 Å². The minimum absolute atomic E-state index is 0.308. The molecule has 0 aliphatic carbocycles. The van der Waals surface area contributed by atoms with Gasteiger partial charge in [0.2, 0.25) is 0 Å². The molecule has 0 radical (unpaired) electrons. The lowest BCUT2D eigenvalue weighted by Crippen LogP contribution is -2.34. The Kier molecular flexibility index (Phi) is 2.88. The van der Waals surface area contributed by atoms with Gasteiger partial charge in [0.15, 0.2) is 0 Å². The lowest BCUT2D eigenvalue weighted by molar-refractivity contribution is 0.475. The predicted molar refractivity (Wildman–Crippen MR) is 88.2 cm³/mol. The normalized spacial score (nSPS) is 18.6. The van der Waals surface area contributed by atoms with Crippen LogP contribution in [-0.2, 0) is 0 Å². The van der Waals surface area contributed by atoms with Crippen molar-refractivity contribution in [3.05, 3.63) is 70.7 Å². The van der Waals surface area contributed by atoms with E-state index >= 15 is 0 Å². The van der Waals surface area contributed by atoms with E-state index in [4.69, 9.17) is 10.2 Å². The molecule has 1 atom stereocenters. The van der Waals surface area contributed by atoms with Gasteiger partial charge in [-0.15, -0.1) is 0 Å². The molecular weight excluding hydrogens is 302 g/mol. The number of aryl methyl sites for hydroxylation is 1. The van der Waals surface area contributed by atoms with Crippen LogP contribution in [0.5, 0.6) is 0 Å². The van der Waals surface area contributed by atoms with E-state index in [1.807, 2.05) is 37.3 Å². The number of nitrogens with one attached hydrogen (secondary N) is 1. The van der Waals surface area contributed by atoms with Crippen LogP contribution in [0.4, 0.5) is 11.4 Å². The van der Waals surface area contributed by atoms with Crippen LogP contribution in [0.25, 0.3) is 0 Å². The van der Waals surface area contributed by atoms with Gasteiger partial charge in [-0.1, -0.05) is 12.1 Å². The Morgan fingerprint density at radius 1 is 1.12 bits per heavy atom. The van der Waals surface area contributed by atoms with Crippen molar-refractivity contribution in [2.75, 3.05) is 10.2 Å². The number of rotatable bonds is 1. The molecule has 1 aromatic heterocycles. The molecule has 0 amide bonds. The van der Waals surface area contributed by atoms with Crippen molar-refractivity contribution in [3.63, 3.8) is 0 Å². The summed E-state index contributed by atoms with van der Waals surface area (Å²) in [6.45, 7) is 1.82. The number of nitrogens with zero attached hydrogens (tertiary/aromatic N) is 3. The second-order valence-electron chi connectivity index (χ2n) is 5.64. The standard InChI is InChI=1S/C18H13N5O/c1-10-6-7-15(24-10)16-11(8-19)17(21)23-14-5-3-2-4-13(14)22-18(23)12(16)9-20/h2-7,16,22H,21H2,1H3. The number of fused-ring (bicyclic) bond motifs is 3. The van der Waals surface area contributed by atoms with Crippen LogP contribution in [0, 0.1) is 29.6 Å². The summed E-state index contributed by atoms with van der Waals surface area (Å²) >= 11 is 0. The number of nitrogens with two attached hydrogens (primary N) is 1. The summed E-state index contributed by atoms with van der Waals surface area (Å²) < 4.78 is 5.69. The van der Waals surface area contributed by atoms with Gasteiger partial charge in [0.05, 0.1) is 40.6 Å². The van der Waals surface area contributed by atoms with Crippen molar-refractivity contribution < 1.29 is 4.42 Å². The monoisotopic (exact) mass is 315 g/mol. The van der Waals surface area contributed by atoms with Crippen LogP contribution in [0.3, 0.4) is 0 Å². The third-order valence-electron chi connectivity index (χ3n) is 4.26. The van der Waals surface area contributed by atoms with Crippen molar-refractivity contribution in [1.29, 1.82) is 10.5 Å². The van der Waals surface area contributed by atoms with Crippen molar-refractivity contribution in [2.45, 2.75) is 12.8 Å². The first-order valence-corrected chi connectivity index (χ1v) is 7.42. The van der Waals surface area contributed by atoms with E-state index in [2.05, 4.69) is 17.5 Å². The number of para-hydroxylation sites is 2. The van der Waals surface area contributed by atoms with Gasteiger partial charge in [-0.2, -0.15) is 10.5 Å². The van der Waals surface area contributed by atoms with Gasteiger partial charge in [0, 0.05) is 0 Å². The molecule has 2 aliphatic heterocycles. The maximum Gasteiger partial charge on any atom is 0.131 e. The SMILES string of the molecule is Cc1ccc(C2C(C#N)=C(N)N3C(=C2C#N)Nc2ccccc23)o1. The molecule has 2 aromatic rings. The van der Waals surface area contributed by atoms with Crippen molar-refractivity contribution in [2.24, 2.45) is 5.73 Å². The Morgan fingerprint density at radius 2 is 1.88 bits per heavy atom. The highest BCUT2D eigenvalue weighted by Gasteiger charge is 2.41. The molecule has 3 N–H and O–H groups in total. The van der Waals surface area contributed by atoms with E-state index in [0.717, 1.165) is 11.4 Å². The predicted octanol–water partition coefficient (Wildman–Crippen LogP) is 3.05. The maximum atomic E-state index is 9.77. The van der Waals surface area contributed by atoms with Gasteiger partial charge in [-0.3, -0.25) is 4.90 Å². The van der Waals surface area contributed by atoms with Crippen LogP contribution in [0.15, 0.2) is 63.6 Å². The van der Waals surface area contributed by atoms with Gasteiger partial charge < -0.3 is 15.5 Å². The minimum atomic E-state index is -0.609. The molecule has 0 saturated carbocycles. The summed E-state index contributed by atoms with van der Waals surface area (Å²) in [4.78, 5) is 1.72. The third kappa shape index (κ3) is 1.74. The van der Waals surface area contributed by atoms with Gasteiger partial charge in [-0.05, 0) is 31.2 Å². The van der Waals surface area contributed by atoms with Crippen LogP contribution < -0.4 is 16.0 Å². The fraction of sp³-hybridized carbons (Fsp3) is 0.111. The van der Waals surface area contributed by atoms with Crippen LogP contribution >= 0.6 is 0 Å². The molecule has 6 heteroatoms. The topological polar surface area (TPSA) is 102 Å². The Balaban J connectivity index is 1.98. The molecule has 2 aliphatic rings. The molecule has 0 saturated heterocycles.